The van der Waals surface area contributed by atoms with Gasteiger partial charge in [0.15, 0.2) is 5.69 Å². The molecule has 2 heterocycles. The van der Waals surface area contributed by atoms with Gasteiger partial charge < -0.3 is 5.11 Å². The molecule has 218 valence electrons. The third-order valence-electron chi connectivity index (χ3n) is 6.20. The van der Waals surface area contributed by atoms with E-state index in [2.05, 4.69) is 5.10 Å². The predicted octanol–water partition coefficient (Wildman–Crippen LogP) is 7.71. The molecule has 0 amide bonds. The molecule has 0 saturated heterocycles. The van der Waals surface area contributed by atoms with E-state index in [1.165, 1.54) is 16.8 Å². The number of rotatable bonds is 10. The topological polar surface area (TPSA) is 72.9 Å². The van der Waals surface area contributed by atoms with Crippen LogP contribution in [-0.2, 0) is 6.54 Å². The minimum absolute atomic E-state index is 0.0637. The highest BCUT2D eigenvalue weighted by atomic mass is 35.5. The fraction of sp³-hybridized carbons (Fsp3) is 0.207. The van der Waals surface area contributed by atoms with Crippen LogP contribution in [0, 0.1) is 0 Å². The number of halogens is 4. The normalized spacial score (nSPS) is 11.9. The molecule has 1 N–H and O–H groups in total. The van der Waals surface area contributed by atoms with Crippen LogP contribution in [0.15, 0.2) is 92.3 Å². The number of aromatic nitrogens is 4. The molecule has 6 nitrogen and oxygen atoms in total. The van der Waals surface area contributed by atoms with Gasteiger partial charge >= 0.3 is 5.51 Å². The highest BCUT2D eigenvalue weighted by Crippen LogP contribution is 2.37. The van der Waals surface area contributed by atoms with E-state index in [0.29, 0.717) is 34.0 Å². The SMILES string of the molecule is CSc1ccc(-n2nc3c(=O)n(Cc4ccc(SC(F)(F)F)cc4)nc-3cc2-c2ccc(SCCCO)cc2Cl)cc1. The van der Waals surface area contributed by atoms with Crippen LogP contribution in [-0.4, -0.2) is 48.8 Å². The molecule has 0 fully saturated rings. The molecular formula is C29H24ClF3N4O2S3. The Morgan fingerprint density at radius 1 is 0.929 bits per heavy atom. The van der Waals surface area contributed by atoms with E-state index in [1.54, 1.807) is 46.4 Å². The van der Waals surface area contributed by atoms with Crippen LogP contribution in [0.1, 0.15) is 12.0 Å². The number of alkyl halides is 3. The maximum Gasteiger partial charge on any atom is 0.446 e. The summed E-state index contributed by atoms with van der Waals surface area (Å²) in [7, 11) is 0. The Hall–Kier alpha value is -2.90. The molecule has 2 aliphatic rings. The lowest BCUT2D eigenvalue weighted by molar-refractivity contribution is -0.0328. The third kappa shape index (κ3) is 7.17. The maximum absolute atomic E-state index is 13.4. The first kappa shape index (κ1) is 30.6. The van der Waals surface area contributed by atoms with Gasteiger partial charge in [0.05, 0.1) is 22.9 Å². The van der Waals surface area contributed by atoms with Crippen molar-refractivity contribution >= 4 is 46.9 Å². The van der Waals surface area contributed by atoms with Gasteiger partial charge in [0, 0.05) is 32.6 Å². The second kappa shape index (κ2) is 13.2. The number of fused-ring (bicyclic) bond motifs is 1. The van der Waals surface area contributed by atoms with Crippen molar-refractivity contribution in [3.05, 3.63) is 93.7 Å². The molecule has 0 saturated carbocycles. The number of aliphatic hydroxyl groups excluding tert-OH is 1. The molecule has 13 heteroatoms. The van der Waals surface area contributed by atoms with E-state index >= 15 is 0 Å². The Balaban J connectivity index is 1.55. The first-order valence-corrected chi connectivity index (χ1v) is 16.1. The fourth-order valence-corrected chi connectivity index (χ4v) is 6.39. The lowest BCUT2D eigenvalue weighted by Gasteiger charge is -2.16. The number of benzene rings is 3. The number of hydrogen-bond acceptors (Lipinski definition) is 7. The summed E-state index contributed by atoms with van der Waals surface area (Å²) in [5.74, 6) is 0.759. The summed E-state index contributed by atoms with van der Waals surface area (Å²) in [6.07, 6.45) is 2.66. The summed E-state index contributed by atoms with van der Waals surface area (Å²) >= 11 is 9.78. The van der Waals surface area contributed by atoms with Gasteiger partial charge in [0.25, 0.3) is 5.56 Å². The van der Waals surface area contributed by atoms with E-state index in [0.717, 1.165) is 21.2 Å². The zero-order valence-corrected chi connectivity index (χ0v) is 25.3. The third-order valence-corrected chi connectivity index (χ3v) is 9.08. The monoisotopic (exact) mass is 648 g/mol. The van der Waals surface area contributed by atoms with Gasteiger partial charge in [-0.25, -0.2) is 9.36 Å². The smallest absolute Gasteiger partial charge is 0.396 e. The summed E-state index contributed by atoms with van der Waals surface area (Å²) in [4.78, 5) is 15.5. The molecule has 3 aromatic rings. The largest absolute Gasteiger partial charge is 0.446 e. The van der Waals surface area contributed by atoms with Crippen LogP contribution >= 0.6 is 46.9 Å². The summed E-state index contributed by atoms with van der Waals surface area (Å²) in [6, 6.07) is 21.1. The minimum Gasteiger partial charge on any atom is -0.396 e. The average Bonchev–Trinajstić information content (AvgIpc) is 3.26. The molecule has 0 bridgehead atoms. The van der Waals surface area contributed by atoms with E-state index in [9.17, 15) is 18.0 Å². The Morgan fingerprint density at radius 3 is 2.26 bits per heavy atom. The minimum atomic E-state index is -4.38. The molecule has 42 heavy (non-hydrogen) atoms. The molecule has 0 aliphatic carbocycles. The molecule has 5 rings (SSSR count). The van der Waals surface area contributed by atoms with Gasteiger partial charge in [-0.05, 0) is 84.6 Å². The van der Waals surface area contributed by atoms with Crippen molar-refractivity contribution in [3.63, 3.8) is 0 Å². The zero-order chi connectivity index (χ0) is 29.9. The quantitative estimate of drug-likeness (QED) is 0.123. The molecule has 0 radical (unpaired) electrons. The summed E-state index contributed by atoms with van der Waals surface area (Å²) in [5, 5.41) is 18.8. The van der Waals surface area contributed by atoms with E-state index in [1.807, 2.05) is 48.7 Å². The molecular weight excluding hydrogens is 625 g/mol. The Kier molecular flexibility index (Phi) is 9.58. The summed E-state index contributed by atoms with van der Waals surface area (Å²) in [5.41, 5.74) is -1.57. The van der Waals surface area contributed by atoms with Crippen LogP contribution in [0.5, 0.6) is 0 Å². The van der Waals surface area contributed by atoms with Crippen molar-refractivity contribution in [1.29, 1.82) is 0 Å². The van der Waals surface area contributed by atoms with Crippen molar-refractivity contribution in [2.75, 3.05) is 18.6 Å². The number of nitrogens with zero attached hydrogens (tertiary/aromatic N) is 4. The van der Waals surface area contributed by atoms with Gasteiger partial charge in [0.1, 0.15) is 5.69 Å². The van der Waals surface area contributed by atoms with Crippen LogP contribution in [0.3, 0.4) is 0 Å². The Labute approximate surface area is 257 Å². The first-order valence-electron chi connectivity index (χ1n) is 12.7. The predicted molar refractivity (Wildman–Crippen MR) is 164 cm³/mol. The van der Waals surface area contributed by atoms with Gasteiger partial charge in [-0.1, -0.05) is 29.8 Å². The molecule has 2 aliphatic heterocycles. The van der Waals surface area contributed by atoms with Crippen molar-refractivity contribution in [2.24, 2.45) is 0 Å². The van der Waals surface area contributed by atoms with Gasteiger partial charge in [-0.15, -0.1) is 23.5 Å². The van der Waals surface area contributed by atoms with Gasteiger partial charge in [-0.2, -0.15) is 23.4 Å². The fourth-order valence-electron chi connectivity index (χ4n) is 4.23. The van der Waals surface area contributed by atoms with Gasteiger partial charge in [-0.3, -0.25) is 4.79 Å². The highest BCUT2D eigenvalue weighted by Gasteiger charge is 2.29. The Bertz CT molecular complexity index is 1710. The standard InChI is InChI=1S/C29H24ClF3N4O2S3/c1-40-20-9-5-19(6-10-20)37-26(23-12-11-22(15-24(23)30)41-14-2-13-38)16-25-27(35-37)28(39)36(34-25)17-18-3-7-21(8-4-18)42-29(31,32)33/h3-12,15-16,38H,2,13-14,17H2,1H3. The highest BCUT2D eigenvalue weighted by molar-refractivity contribution is 8.00. The van der Waals surface area contributed by atoms with Crippen molar-refractivity contribution in [1.82, 2.24) is 19.6 Å². The molecule has 3 aromatic carbocycles. The summed E-state index contributed by atoms with van der Waals surface area (Å²) in [6.45, 7) is 0.195. The zero-order valence-electron chi connectivity index (χ0n) is 22.1. The maximum atomic E-state index is 13.4. The summed E-state index contributed by atoms with van der Waals surface area (Å²) < 4.78 is 41.0. The second-order valence-electron chi connectivity index (χ2n) is 9.10. The molecule has 0 spiro atoms. The molecule has 0 unspecified atom stereocenters. The number of thioether (sulfide) groups is 3. The van der Waals surface area contributed by atoms with Gasteiger partial charge in [0.2, 0.25) is 0 Å². The number of hydrogen-bond donors (Lipinski definition) is 1. The van der Waals surface area contributed by atoms with Crippen LogP contribution < -0.4 is 5.56 Å². The van der Waals surface area contributed by atoms with Crippen molar-refractivity contribution in [3.8, 4) is 28.3 Å². The molecule has 0 aromatic heterocycles. The Morgan fingerprint density at radius 2 is 1.62 bits per heavy atom. The van der Waals surface area contributed by atoms with Crippen molar-refractivity contribution < 1.29 is 18.3 Å². The molecule has 0 atom stereocenters. The van der Waals surface area contributed by atoms with Crippen molar-refractivity contribution in [2.45, 2.75) is 33.2 Å². The van der Waals surface area contributed by atoms with Crippen LogP contribution in [0.4, 0.5) is 13.2 Å². The van der Waals surface area contributed by atoms with Crippen LogP contribution in [0.2, 0.25) is 5.02 Å². The second-order valence-corrected chi connectivity index (χ2v) is 12.7. The van der Waals surface area contributed by atoms with E-state index < -0.39 is 11.1 Å². The average molecular weight is 649 g/mol. The number of aliphatic hydroxyl groups is 1. The lowest BCUT2D eigenvalue weighted by atomic mass is 10.1. The van der Waals surface area contributed by atoms with E-state index in [-0.39, 0.29) is 35.5 Å². The lowest BCUT2D eigenvalue weighted by Crippen LogP contribution is -2.19. The van der Waals surface area contributed by atoms with E-state index in [4.69, 9.17) is 21.8 Å². The first-order chi connectivity index (χ1) is 20.1. The van der Waals surface area contributed by atoms with Crippen LogP contribution in [0.25, 0.3) is 28.3 Å².